The monoisotopic (exact) mass is 175 g/mol. The third kappa shape index (κ3) is 1.05. The summed E-state index contributed by atoms with van der Waals surface area (Å²) in [5.74, 6) is 2.47. The zero-order valence-corrected chi connectivity index (χ0v) is 7.49. The Balaban J connectivity index is 2.06. The number of rotatable bonds is 0. The molecular formula is C11H13NO. The number of benzene rings is 1. The first-order valence-electron chi connectivity index (χ1n) is 4.87. The molecule has 0 bridgehead atoms. The molecule has 13 heavy (non-hydrogen) atoms. The van der Waals surface area contributed by atoms with Gasteiger partial charge in [0, 0.05) is 24.9 Å². The average molecular weight is 175 g/mol. The molecule has 0 amide bonds. The van der Waals surface area contributed by atoms with E-state index in [2.05, 4.69) is 23.5 Å². The molecular weight excluding hydrogens is 162 g/mol. The van der Waals surface area contributed by atoms with Crippen molar-refractivity contribution in [3.63, 3.8) is 0 Å². The van der Waals surface area contributed by atoms with Gasteiger partial charge in [-0.3, -0.25) is 0 Å². The zero-order chi connectivity index (χ0) is 8.67. The maximum atomic E-state index is 5.70. The Morgan fingerprint density at radius 2 is 2.15 bits per heavy atom. The summed E-state index contributed by atoms with van der Waals surface area (Å²) in [7, 11) is 0. The largest absolute Gasteiger partial charge is 0.493 e. The fourth-order valence-electron chi connectivity index (χ4n) is 2.39. The first-order chi connectivity index (χ1) is 6.45. The van der Waals surface area contributed by atoms with Crippen molar-refractivity contribution in [2.45, 2.75) is 5.92 Å². The quantitative estimate of drug-likeness (QED) is 0.643. The Morgan fingerprint density at radius 3 is 3.15 bits per heavy atom. The predicted octanol–water partition coefficient (Wildman–Crippen LogP) is 1.38. The topological polar surface area (TPSA) is 21.3 Å². The number of ether oxygens (including phenoxy) is 1. The van der Waals surface area contributed by atoms with Crippen LogP contribution in [0.1, 0.15) is 11.5 Å². The van der Waals surface area contributed by atoms with Gasteiger partial charge in [0.1, 0.15) is 5.75 Å². The summed E-state index contributed by atoms with van der Waals surface area (Å²) in [5.41, 5.74) is 1.39. The molecule has 0 aromatic heterocycles. The lowest BCUT2D eigenvalue weighted by Crippen LogP contribution is -2.24. The molecule has 1 N–H and O–H groups in total. The van der Waals surface area contributed by atoms with Gasteiger partial charge in [-0.2, -0.15) is 0 Å². The van der Waals surface area contributed by atoms with Crippen molar-refractivity contribution in [3.8, 4) is 5.75 Å². The normalized spacial score (nSPS) is 30.5. The van der Waals surface area contributed by atoms with E-state index in [1.165, 1.54) is 5.56 Å². The van der Waals surface area contributed by atoms with Gasteiger partial charge in [0.05, 0.1) is 6.61 Å². The summed E-state index contributed by atoms with van der Waals surface area (Å²) >= 11 is 0. The molecule has 2 aliphatic rings. The Kier molecular flexibility index (Phi) is 1.56. The van der Waals surface area contributed by atoms with Gasteiger partial charge < -0.3 is 10.1 Å². The highest BCUT2D eigenvalue weighted by Gasteiger charge is 2.34. The van der Waals surface area contributed by atoms with Crippen LogP contribution in [0.5, 0.6) is 5.75 Å². The van der Waals surface area contributed by atoms with Crippen LogP contribution in [0.25, 0.3) is 0 Å². The second-order valence-electron chi connectivity index (χ2n) is 3.87. The summed E-state index contributed by atoms with van der Waals surface area (Å²) in [6.07, 6.45) is 0. The summed E-state index contributed by atoms with van der Waals surface area (Å²) < 4.78 is 5.70. The number of fused-ring (bicyclic) bond motifs is 3. The highest BCUT2D eigenvalue weighted by atomic mass is 16.5. The minimum atomic E-state index is 0.685. The highest BCUT2D eigenvalue weighted by Crippen LogP contribution is 2.38. The molecule has 2 aliphatic heterocycles. The molecule has 1 aromatic rings. The third-order valence-corrected chi connectivity index (χ3v) is 3.11. The van der Waals surface area contributed by atoms with Crippen molar-refractivity contribution in [3.05, 3.63) is 29.8 Å². The Morgan fingerprint density at radius 1 is 1.23 bits per heavy atom. The van der Waals surface area contributed by atoms with Gasteiger partial charge >= 0.3 is 0 Å². The first-order valence-corrected chi connectivity index (χ1v) is 4.87. The second-order valence-corrected chi connectivity index (χ2v) is 3.87. The molecule has 0 radical (unpaired) electrons. The van der Waals surface area contributed by atoms with Crippen LogP contribution in [0.2, 0.25) is 0 Å². The standard InChI is InChI=1S/C11H13NO/c1-2-4-11-9(3-1)10-6-12-5-8(10)7-13-11/h1-4,8,10,12H,5-7H2/t8-,10+/m1/s1. The van der Waals surface area contributed by atoms with E-state index in [0.717, 1.165) is 25.4 Å². The van der Waals surface area contributed by atoms with Gasteiger partial charge in [-0.1, -0.05) is 18.2 Å². The molecule has 3 rings (SSSR count). The number of hydrogen-bond donors (Lipinski definition) is 1. The zero-order valence-electron chi connectivity index (χ0n) is 7.49. The van der Waals surface area contributed by atoms with E-state index in [1.54, 1.807) is 0 Å². The van der Waals surface area contributed by atoms with Gasteiger partial charge in [-0.15, -0.1) is 0 Å². The molecule has 2 heterocycles. The fourth-order valence-corrected chi connectivity index (χ4v) is 2.39. The van der Waals surface area contributed by atoms with Crippen molar-refractivity contribution in [1.82, 2.24) is 5.32 Å². The van der Waals surface area contributed by atoms with Gasteiger partial charge in [-0.25, -0.2) is 0 Å². The van der Waals surface area contributed by atoms with Gasteiger partial charge in [0.25, 0.3) is 0 Å². The summed E-state index contributed by atoms with van der Waals surface area (Å²) in [5, 5.41) is 3.43. The smallest absolute Gasteiger partial charge is 0.122 e. The van der Waals surface area contributed by atoms with E-state index in [1.807, 2.05) is 6.07 Å². The lowest BCUT2D eigenvalue weighted by atomic mass is 9.87. The number of hydrogen-bond acceptors (Lipinski definition) is 2. The van der Waals surface area contributed by atoms with Crippen LogP contribution in [0.4, 0.5) is 0 Å². The number of nitrogens with one attached hydrogen (secondary N) is 1. The third-order valence-electron chi connectivity index (χ3n) is 3.11. The van der Waals surface area contributed by atoms with E-state index in [0.29, 0.717) is 11.8 Å². The molecule has 0 saturated carbocycles. The molecule has 2 nitrogen and oxygen atoms in total. The van der Waals surface area contributed by atoms with E-state index in [-0.39, 0.29) is 0 Å². The summed E-state index contributed by atoms with van der Waals surface area (Å²) in [6.45, 7) is 3.11. The summed E-state index contributed by atoms with van der Waals surface area (Å²) in [6, 6.07) is 8.41. The second kappa shape index (κ2) is 2.74. The predicted molar refractivity (Wildman–Crippen MR) is 51.0 cm³/mol. The minimum absolute atomic E-state index is 0.685. The van der Waals surface area contributed by atoms with E-state index in [4.69, 9.17) is 4.74 Å². The van der Waals surface area contributed by atoms with Gasteiger partial charge in [0.15, 0.2) is 0 Å². The van der Waals surface area contributed by atoms with Crippen LogP contribution >= 0.6 is 0 Å². The van der Waals surface area contributed by atoms with Crippen LogP contribution in [0.3, 0.4) is 0 Å². The molecule has 2 atom stereocenters. The SMILES string of the molecule is c1ccc2c(c1)OC[C@H]1CNC[C@H]21. The van der Waals surface area contributed by atoms with Crippen molar-refractivity contribution in [2.24, 2.45) is 5.92 Å². The summed E-state index contributed by atoms with van der Waals surface area (Å²) in [4.78, 5) is 0. The molecule has 2 heteroatoms. The fraction of sp³-hybridized carbons (Fsp3) is 0.455. The van der Waals surface area contributed by atoms with Crippen molar-refractivity contribution < 1.29 is 4.74 Å². The molecule has 1 fully saturated rings. The lowest BCUT2D eigenvalue weighted by Gasteiger charge is -2.27. The Labute approximate surface area is 77.9 Å². The van der Waals surface area contributed by atoms with Gasteiger partial charge in [-0.05, 0) is 11.6 Å². The molecule has 1 aromatic carbocycles. The van der Waals surface area contributed by atoms with Crippen LogP contribution < -0.4 is 10.1 Å². The molecule has 0 spiro atoms. The van der Waals surface area contributed by atoms with Crippen molar-refractivity contribution in [2.75, 3.05) is 19.7 Å². The lowest BCUT2D eigenvalue weighted by molar-refractivity contribution is 0.219. The van der Waals surface area contributed by atoms with Gasteiger partial charge in [0.2, 0.25) is 0 Å². The maximum absolute atomic E-state index is 5.70. The highest BCUT2D eigenvalue weighted by molar-refractivity contribution is 5.39. The maximum Gasteiger partial charge on any atom is 0.122 e. The van der Waals surface area contributed by atoms with Crippen molar-refractivity contribution >= 4 is 0 Å². The van der Waals surface area contributed by atoms with Crippen LogP contribution in [0, 0.1) is 5.92 Å². The minimum Gasteiger partial charge on any atom is -0.493 e. The number of para-hydroxylation sites is 1. The van der Waals surface area contributed by atoms with E-state index < -0.39 is 0 Å². The first kappa shape index (κ1) is 7.39. The Bertz CT molecular complexity index is 324. The van der Waals surface area contributed by atoms with Crippen LogP contribution in [-0.2, 0) is 0 Å². The van der Waals surface area contributed by atoms with Crippen molar-refractivity contribution in [1.29, 1.82) is 0 Å². The average Bonchev–Trinajstić information content (AvgIpc) is 2.65. The van der Waals surface area contributed by atoms with E-state index in [9.17, 15) is 0 Å². The van der Waals surface area contributed by atoms with Crippen LogP contribution in [0.15, 0.2) is 24.3 Å². The Hall–Kier alpha value is -1.02. The molecule has 0 aliphatic carbocycles. The molecule has 1 saturated heterocycles. The molecule has 68 valence electrons. The van der Waals surface area contributed by atoms with Crippen LogP contribution in [-0.4, -0.2) is 19.7 Å². The molecule has 0 unspecified atom stereocenters. The van der Waals surface area contributed by atoms with E-state index >= 15 is 0 Å².